The van der Waals surface area contributed by atoms with Crippen molar-refractivity contribution in [2.24, 2.45) is 7.05 Å². The van der Waals surface area contributed by atoms with E-state index in [4.69, 9.17) is 0 Å². The highest BCUT2D eigenvalue weighted by molar-refractivity contribution is 7.21. The van der Waals surface area contributed by atoms with Gasteiger partial charge in [-0.25, -0.2) is 4.52 Å². The first-order valence-corrected chi connectivity index (χ1v) is 12.4. The molecule has 11 heteroatoms. The minimum Gasteiger partial charge on any atom is -0.324 e. The molecule has 5 aromatic heterocycles. The van der Waals surface area contributed by atoms with Crippen molar-refractivity contribution in [2.45, 2.75) is 39.2 Å². The van der Waals surface area contributed by atoms with E-state index in [1.165, 1.54) is 11.3 Å². The van der Waals surface area contributed by atoms with E-state index < -0.39 is 0 Å². The summed E-state index contributed by atoms with van der Waals surface area (Å²) < 4.78 is 3.51. The summed E-state index contributed by atoms with van der Waals surface area (Å²) in [5, 5.41) is 12.5. The maximum atomic E-state index is 13.1. The Kier molecular flexibility index (Phi) is 4.84. The van der Waals surface area contributed by atoms with Crippen LogP contribution < -0.4 is 10.9 Å². The zero-order chi connectivity index (χ0) is 24.5. The van der Waals surface area contributed by atoms with Gasteiger partial charge >= 0.3 is 0 Å². The largest absolute Gasteiger partial charge is 0.324 e. The van der Waals surface area contributed by atoms with Crippen molar-refractivity contribution in [3.05, 3.63) is 40.7 Å². The average Bonchev–Trinajstić information content (AvgIpc) is 3.50. The molecule has 1 aliphatic heterocycles. The maximum Gasteiger partial charge on any atom is 0.261 e. The molecule has 180 valence electrons. The second kappa shape index (κ2) is 7.72. The molecular weight excluding hydrogens is 464 g/mol. The summed E-state index contributed by atoms with van der Waals surface area (Å²) in [6.07, 6.45) is 7.68. The van der Waals surface area contributed by atoms with Gasteiger partial charge in [-0.15, -0.1) is 11.3 Å². The lowest BCUT2D eigenvalue weighted by atomic mass is 10.0. The zero-order valence-electron chi connectivity index (χ0n) is 20.0. The van der Waals surface area contributed by atoms with Crippen molar-refractivity contribution < 1.29 is 4.79 Å². The van der Waals surface area contributed by atoms with E-state index in [2.05, 4.69) is 44.2 Å². The summed E-state index contributed by atoms with van der Waals surface area (Å²) >= 11 is 1.50. The summed E-state index contributed by atoms with van der Waals surface area (Å²) in [5.74, 6) is -0.0923. The predicted molar refractivity (Wildman–Crippen MR) is 137 cm³/mol. The predicted octanol–water partition coefficient (Wildman–Crippen LogP) is 3.31. The minimum absolute atomic E-state index is 0.0272. The Bertz CT molecular complexity index is 1690. The fourth-order valence-corrected chi connectivity index (χ4v) is 6.16. The molecule has 0 spiro atoms. The molecule has 0 atom stereocenters. The minimum atomic E-state index is -0.233. The lowest BCUT2D eigenvalue weighted by molar-refractivity contribution is -0.118. The molecule has 2 N–H and O–H groups in total. The summed E-state index contributed by atoms with van der Waals surface area (Å²) in [4.78, 5) is 37.2. The van der Waals surface area contributed by atoms with Crippen LogP contribution in [-0.2, 0) is 11.8 Å². The standard InChI is InChI=1S/C24H26N8O2S/c1-13-15(10-30(4)28-13)17-11-32-23(35-17)19-21(29-32)20-16(27-22(19)34)8-14(9-25-20)26-18(33)12-31-7-5-6-24(31,2)3/h8-11H,5-7,12H2,1-4H3,(H,26,33)(H,27,34). The van der Waals surface area contributed by atoms with Crippen molar-refractivity contribution >= 4 is 49.7 Å². The number of likely N-dealkylation sites (tertiary alicyclic amines) is 1. The van der Waals surface area contributed by atoms with Gasteiger partial charge in [-0.05, 0) is 46.2 Å². The number of aromatic nitrogens is 6. The molecule has 0 radical (unpaired) electrons. The number of aromatic amines is 1. The number of pyridine rings is 2. The van der Waals surface area contributed by atoms with Gasteiger partial charge in [0.1, 0.15) is 21.3 Å². The molecule has 1 saturated heterocycles. The van der Waals surface area contributed by atoms with Gasteiger partial charge in [0, 0.05) is 30.5 Å². The van der Waals surface area contributed by atoms with E-state index in [-0.39, 0.29) is 17.0 Å². The molecule has 0 aliphatic carbocycles. The van der Waals surface area contributed by atoms with E-state index in [0.717, 1.165) is 40.4 Å². The Hall–Kier alpha value is -3.57. The van der Waals surface area contributed by atoms with E-state index in [1.807, 2.05) is 26.4 Å². The number of thiazole rings is 1. The number of nitrogens with zero attached hydrogens (tertiary/aromatic N) is 6. The SMILES string of the molecule is Cc1nn(C)cc1-c1cn2nc3c4ncc(NC(=O)CN5CCCC5(C)C)cc4[nH]c(=O)c3c2s1. The van der Waals surface area contributed by atoms with Crippen LogP contribution in [-0.4, -0.2) is 58.8 Å². The monoisotopic (exact) mass is 490 g/mol. The second-order valence-electron chi connectivity index (χ2n) is 9.83. The Morgan fingerprint density at radius 2 is 2.09 bits per heavy atom. The van der Waals surface area contributed by atoms with Crippen molar-refractivity contribution in [2.75, 3.05) is 18.4 Å². The lowest BCUT2D eigenvalue weighted by Gasteiger charge is -2.30. The van der Waals surface area contributed by atoms with Gasteiger partial charge in [0.15, 0.2) is 0 Å². The van der Waals surface area contributed by atoms with Crippen LogP contribution in [0, 0.1) is 6.92 Å². The first kappa shape index (κ1) is 21.9. The molecule has 0 bridgehead atoms. The Morgan fingerprint density at radius 3 is 2.80 bits per heavy atom. The van der Waals surface area contributed by atoms with Crippen LogP contribution >= 0.6 is 11.3 Å². The third-order valence-electron chi connectivity index (χ3n) is 6.87. The van der Waals surface area contributed by atoms with Crippen molar-refractivity contribution in [3.63, 3.8) is 0 Å². The summed E-state index contributed by atoms with van der Waals surface area (Å²) in [7, 11) is 1.89. The molecule has 1 aliphatic rings. The van der Waals surface area contributed by atoms with Crippen LogP contribution in [0.2, 0.25) is 0 Å². The Morgan fingerprint density at radius 1 is 1.26 bits per heavy atom. The molecule has 0 aromatic carbocycles. The van der Waals surface area contributed by atoms with Crippen molar-refractivity contribution in [1.82, 2.24) is 34.3 Å². The van der Waals surface area contributed by atoms with Gasteiger partial charge in [-0.1, -0.05) is 0 Å². The number of carbonyl (C=O) groups excluding carboxylic acids is 1. The third-order valence-corrected chi connectivity index (χ3v) is 8.00. The van der Waals surface area contributed by atoms with Crippen molar-refractivity contribution in [1.29, 1.82) is 0 Å². The number of nitrogens with one attached hydrogen (secondary N) is 2. The van der Waals surface area contributed by atoms with Crippen LogP contribution in [0.4, 0.5) is 5.69 Å². The van der Waals surface area contributed by atoms with Gasteiger partial charge in [0.05, 0.1) is 34.5 Å². The summed E-state index contributed by atoms with van der Waals surface area (Å²) in [5.41, 5.74) is 3.95. The van der Waals surface area contributed by atoms with Gasteiger partial charge in [-0.3, -0.25) is 24.2 Å². The summed E-state index contributed by atoms with van der Waals surface area (Å²) in [6.45, 7) is 7.54. The van der Waals surface area contributed by atoms with E-state index in [1.54, 1.807) is 21.5 Å². The molecule has 0 saturated carbocycles. The highest BCUT2D eigenvalue weighted by Gasteiger charge is 2.32. The average molecular weight is 491 g/mol. The number of carbonyl (C=O) groups is 1. The van der Waals surface area contributed by atoms with Crippen LogP contribution in [0.5, 0.6) is 0 Å². The highest BCUT2D eigenvalue weighted by atomic mass is 32.1. The lowest BCUT2D eigenvalue weighted by Crippen LogP contribution is -2.42. The molecule has 1 fully saturated rings. The second-order valence-corrected chi connectivity index (χ2v) is 10.9. The number of hydrogen-bond donors (Lipinski definition) is 2. The van der Waals surface area contributed by atoms with Crippen LogP contribution in [0.25, 0.3) is 37.2 Å². The number of H-pyrrole nitrogens is 1. The van der Waals surface area contributed by atoms with Gasteiger partial charge < -0.3 is 10.3 Å². The molecule has 0 unspecified atom stereocenters. The smallest absolute Gasteiger partial charge is 0.261 e. The van der Waals surface area contributed by atoms with Gasteiger partial charge in [-0.2, -0.15) is 10.2 Å². The first-order valence-electron chi connectivity index (χ1n) is 11.6. The molecule has 6 heterocycles. The van der Waals surface area contributed by atoms with Crippen LogP contribution in [0.15, 0.2) is 29.5 Å². The first-order chi connectivity index (χ1) is 16.7. The van der Waals surface area contributed by atoms with Gasteiger partial charge in [0.25, 0.3) is 5.56 Å². The van der Waals surface area contributed by atoms with Crippen LogP contribution in [0.3, 0.4) is 0 Å². The highest BCUT2D eigenvalue weighted by Crippen LogP contribution is 2.34. The topological polar surface area (TPSA) is 113 Å². The normalized spacial score (nSPS) is 16.1. The molecule has 6 rings (SSSR count). The molecule has 10 nitrogen and oxygen atoms in total. The third kappa shape index (κ3) is 3.62. The quantitative estimate of drug-likeness (QED) is 0.400. The number of amides is 1. The van der Waals surface area contributed by atoms with E-state index in [9.17, 15) is 9.59 Å². The fraction of sp³-hybridized carbons (Fsp3) is 0.375. The maximum absolute atomic E-state index is 13.1. The zero-order valence-corrected chi connectivity index (χ0v) is 20.9. The van der Waals surface area contributed by atoms with E-state index in [0.29, 0.717) is 34.2 Å². The fourth-order valence-electron chi connectivity index (χ4n) is 5.01. The van der Waals surface area contributed by atoms with Crippen molar-refractivity contribution in [3.8, 4) is 10.4 Å². The molecule has 35 heavy (non-hydrogen) atoms. The number of hydrogen-bond acceptors (Lipinski definition) is 7. The van der Waals surface area contributed by atoms with E-state index >= 15 is 0 Å². The van der Waals surface area contributed by atoms with Crippen LogP contribution in [0.1, 0.15) is 32.4 Å². The number of anilines is 1. The number of aryl methyl sites for hydroxylation is 2. The van der Waals surface area contributed by atoms with Gasteiger partial charge in [0.2, 0.25) is 5.91 Å². The number of rotatable bonds is 4. The molecule has 1 amide bonds. The Balaban J connectivity index is 1.34. The number of fused-ring (bicyclic) bond motifs is 5. The molecule has 5 aromatic rings. The summed E-state index contributed by atoms with van der Waals surface area (Å²) in [6, 6.07) is 1.74. The Labute approximate surface area is 204 Å². The molecular formula is C24H26N8O2S.